The zero-order valence-corrected chi connectivity index (χ0v) is 14.9. The van der Waals surface area contributed by atoms with Crippen molar-refractivity contribution in [2.75, 3.05) is 6.54 Å². The Bertz CT molecular complexity index is 835. The summed E-state index contributed by atoms with van der Waals surface area (Å²) < 4.78 is 5.31. The van der Waals surface area contributed by atoms with Gasteiger partial charge < -0.3 is 9.64 Å². The van der Waals surface area contributed by atoms with E-state index in [4.69, 9.17) is 4.74 Å². The van der Waals surface area contributed by atoms with Gasteiger partial charge in [-0.3, -0.25) is 19.7 Å². The molecular weight excluding hydrogens is 348 g/mol. The standard InChI is InChI=1S/C20H20N2O5/c1-14(16-5-3-2-4-6-16)21-12-17(11-19(21)23)20(24)27-13-15-7-9-18(10-8-15)22(25)26/h2-10,14,17H,11-13H2,1H3/t14-,17+/m0/s1. The summed E-state index contributed by atoms with van der Waals surface area (Å²) in [5.41, 5.74) is 1.66. The van der Waals surface area contributed by atoms with Crippen molar-refractivity contribution >= 4 is 17.6 Å². The molecule has 27 heavy (non-hydrogen) atoms. The molecule has 1 aliphatic heterocycles. The number of esters is 1. The molecule has 1 fully saturated rings. The van der Waals surface area contributed by atoms with Gasteiger partial charge in [0, 0.05) is 25.1 Å². The van der Waals surface area contributed by atoms with E-state index in [1.807, 2.05) is 37.3 Å². The fraction of sp³-hybridized carbons (Fsp3) is 0.300. The molecule has 140 valence electrons. The maximum Gasteiger partial charge on any atom is 0.311 e. The van der Waals surface area contributed by atoms with Crippen LogP contribution < -0.4 is 0 Å². The molecule has 3 rings (SSSR count). The molecule has 0 unspecified atom stereocenters. The van der Waals surface area contributed by atoms with Gasteiger partial charge in [0.15, 0.2) is 0 Å². The maximum atomic E-state index is 12.3. The molecule has 1 saturated heterocycles. The summed E-state index contributed by atoms with van der Waals surface area (Å²) >= 11 is 0. The second-order valence-electron chi connectivity index (χ2n) is 6.57. The molecule has 0 spiro atoms. The largest absolute Gasteiger partial charge is 0.461 e. The Labute approximate surface area is 156 Å². The minimum atomic E-state index is -0.498. The molecule has 7 nitrogen and oxygen atoms in total. The normalized spacial score (nSPS) is 17.6. The first-order chi connectivity index (χ1) is 13.0. The van der Waals surface area contributed by atoms with E-state index in [9.17, 15) is 19.7 Å². The topological polar surface area (TPSA) is 89.8 Å². The van der Waals surface area contributed by atoms with E-state index in [1.54, 1.807) is 17.0 Å². The number of nitro benzene ring substituents is 1. The second kappa shape index (κ2) is 7.99. The van der Waals surface area contributed by atoms with Crippen LogP contribution in [0.2, 0.25) is 0 Å². The van der Waals surface area contributed by atoms with Crippen LogP contribution in [0.25, 0.3) is 0 Å². The predicted octanol–water partition coefficient (Wildman–Crippen LogP) is 3.25. The second-order valence-corrected chi connectivity index (χ2v) is 6.57. The third kappa shape index (κ3) is 4.31. The first-order valence-corrected chi connectivity index (χ1v) is 8.70. The minimum Gasteiger partial charge on any atom is -0.461 e. The Kier molecular flexibility index (Phi) is 5.49. The molecule has 0 saturated carbocycles. The fourth-order valence-corrected chi connectivity index (χ4v) is 3.16. The van der Waals surface area contributed by atoms with Gasteiger partial charge in [-0.25, -0.2) is 0 Å². The third-order valence-corrected chi connectivity index (χ3v) is 4.77. The maximum absolute atomic E-state index is 12.3. The van der Waals surface area contributed by atoms with Crippen molar-refractivity contribution in [1.82, 2.24) is 4.90 Å². The first kappa shape index (κ1) is 18.6. The highest BCUT2D eigenvalue weighted by Gasteiger charge is 2.37. The number of nitrogens with zero attached hydrogens (tertiary/aromatic N) is 2. The average molecular weight is 368 g/mol. The summed E-state index contributed by atoms with van der Waals surface area (Å²) in [6.07, 6.45) is 0.135. The Morgan fingerprint density at radius 3 is 2.52 bits per heavy atom. The van der Waals surface area contributed by atoms with E-state index in [2.05, 4.69) is 0 Å². The van der Waals surface area contributed by atoms with Gasteiger partial charge in [0.2, 0.25) is 5.91 Å². The van der Waals surface area contributed by atoms with Crippen LogP contribution in [0.4, 0.5) is 5.69 Å². The van der Waals surface area contributed by atoms with Crippen LogP contribution >= 0.6 is 0 Å². The Balaban J connectivity index is 1.56. The van der Waals surface area contributed by atoms with Gasteiger partial charge in [0.1, 0.15) is 6.61 Å². The van der Waals surface area contributed by atoms with Crippen molar-refractivity contribution in [2.45, 2.75) is 26.0 Å². The van der Waals surface area contributed by atoms with E-state index >= 15 is 0 Å². The molecule has 2 aromatic rings. The summed E-state index contributed by atoms with van der Waals surface area (Å²) in [4.78, 5) is 36.5. The molecule has 0 N–H and O–H groups in total. The van der Waals surface area contributed by atoms with Crippen LogP contribution in [-0.2, 0) is 20.9 Å². The number of rotatable bonds is 6. The average Bonchev–Trinajstić information content (AvgIpc) is 3.08. The highest BCUT2D eigenvalue weighted by molar-refractivity contribution is 5.87. The molecule has 0 bridgehead atoms. The van der Waals surface area contributed by atoms with Crippen LogP contribution in [0, 0.1) is 16.0 Å². The summed E-state index contributed by atoms with van der Waals surface area (Å²) in [5.74, 6) is -0.991. The van der Waals surface area contributed by atoms with Gasteiger partial charge >= 0.3 is 5.97 Å². The number of carbonyl (C=O) groups excluding carboxylic acids is 2. The molecule has 2 aromatic carbocycles. The third-order valence-electron chi connectivity index (χ3n) is 4.77. The Hall–Kier alpha value is -3.22. The Morgan fingerprint density at radius 2 is 1.89 bits per heavy atom. The lowest BCUT2D eigenvalue weighted by atomic mass is 10.1. The lowest BCUT2D eigenvalue weighted by Crippen LogP contribution is -2.29. The molecule has 1 heterocycles. The van der Waals surface area contributed by atoms with Gasteiger partial charge in [-0.1, -0.05) is 30.3 Å². The van der Waals surface area contributed by atoms with E-state index in [1.165, 1.54) is 12.1 Å². The molecule has 0 aliphatic carbocycles. The van der Waals surface area contributed by atoms with E-state index in [0.717, 1.165) is 5.56 Å². The van der Waals surface area contributed by atoms with E-state index in [-0.39, 0.29) is 30.7 Å². The number of likely N-dealkylation sites (tertiary alicyclic amines) is 1. The fourth-order valence-electron chi connectivity index (χ4n) is 3.16. The monoisotopic (exact) mass is 368 g/mol. The van der Waals surface area contributed by atoms with Crippen molar-refractivity contribution in [2.24, 2.45) is 5.92 Å². The van der Waals surface area contributed by atoms with Crippen LogP contribution in [-0.4, -0.2) is 28.2 Å². The predicted molar refractivity (Wildman–Crippen MR) is 97.6 cm³/mol. The quantitative estimate of drug-likeness (QED) is 0.443. The van der Waals surface area contributed by atoms with Gasteiger partial charge in [-0.2, -0.15) is 0 Å². The van der Waals surface area contributed by atoms with Crippen molar-refractivity contribution in [3.8, 4) is 0 Å². The molecule has 0 radical (unpaired) electrons. The van der Waals surface area contributed by atoms with Crippen LogP contribution in [0.3, 0.4) is 0 Å². The molecule has 1 amide bonds. The summed E-state index contributed by atoms with van der Waals surface area (Å²) in [6, 6.07) is 15.4. The molecule has 2 atom stereocenters. The first-order valence-electron chi connectivity index (χ1n) is 8.70. The van der Waals surface area contributed by atoms with Gasteiger partial charge in [-0.05, 0) is 30.2 Å². The van der Waals surface area contributed by atoms with Gasteiger partial charge in [-0.15, -0.1) is 0 Å². The van der Waals surface area contributed by atoms with Crippen molar-refractivity contribution in [1.29, 1.82) is 0 Å². The van der Waals surface area contributed by atoms with E-state index < -0.39 is 16.8 Å². The van der Waals surface area contributed by atoms with Crippen molar-refractivity contribution in [3.05, 3.63) is 75.8 Å². The van der Waals surface area contributed by atoms with Crippen molar-refractivity contribution in [3.63, 3.8) is 0 Å². The number of hydrogen-bond acceptors (Lipinski definition) is 5. The smallest absolute Gasteiger partial charge is 0.311 e. The number of benzene rings is 2. The molecular formula is C20H20N2O5. The summed E-state index contributed by atoms with van der Waals surface area (Å²) in [7, 11) is 0. The summed E-state index contributed by atoms with van der Waals surface area (Å²) in [6.45, 7) is 2.29. The van der Waals surface area contributed by atoms with E-state index in [0.29, 0.717) is 12.1 Å². The lowest BCUT2D eigenvalue weighted by molar-refractivity contribution is -0.384. The number of amides is 1. The van der Waals surface area contributed by atoms with Gasteiger partial charge in [0.25, 0.3) is 5.69 Å². The highest BCUT2D eigenvalue weighted by atomic mass is 16.6. The SMILES string of the molecule is C[C@@H](c1ccccc1)N1C[C@H](C(=O)OCc2ccc([N+](=O)[O-])cc2)CC1=O. The number of hydrogen-bond donors (Lipinski definition) is 0. The van der Waals surface area contributed by atoms with Crippen LogP contribution in [0.5, 0.6) is 0 Å². The minimum absolute atomic E-state index is 0.0167. The molecule has 7 heteroatoms. The lowest BCUT2D eigenvalue weighted by Gasteiger charge is -2.25. The van der Waals surface area contributed by atoms with Crippen molar-refractivity contribution < 1.29 is 19.2 Å². The number of nitro groups is 1. The molecule has 1 aliphatic rings. The highest BCUT2D eigenvalue weighted by Crippen LogP contribution is 2.29. The number of non-ortho nitro benzene ring substituents is 1. The zero-order valence-electron chi connectivity index (χ0n) is 14.9. The summed E-state index contributed by atoms with van der Waals surface area (Å²) in [5, 5.41) is 10.7. The number of carbonyl (C=O) groups is 2. The Morgan fingerprint density at radius 1 is 1.22 bits per heavy atom. The molecule has 0 aromatic heterocycles. The van der Waals surface area contributed by atoms with Crippen LogP contribution in [0.1, 0.15) is 30.5 Å². The van der Waals surface area contributed by atoms with Gasteiger partial charge in [0.05, 0.1) is 16.9 Å². The van der Waals surface area contributed by atoms with Crippen LogP contribution in [0.15, 0.2) is 54.6 Å². The number of ether oxygens (including phenoxy) is 1. The zero-order chi connectivity index (χ0) is 19.4.